The lowest BCUT2D eigenvalue weighted by Gasteiger charge is -2.11. The first-order chi connectivity index (χ1) is 9.89. The number of nitrogens with zero attached hydrogens (tertiary/aromatic N) is 1. The molecule has 0 spiro atoms. The summed E-state index contributed by atoms with van der Waals surface area (Å²) >= 11 is 12.1. The number of rotatable bonds is 5. The van der Waals surface area contributed by atoms with Crippen molar-refractivity contribution in [1.29, 1.82) is 0 Å². The van der Waals surface area contributed by atoms with Crippen molar-refractivity contribution in [3.05, 3.63) is 52.1 Å². The monoisotopic (exact) mass is 345 g/mol. The van der Waals surface area contributed by atoms with E-state index >= 15 is 0 Å². The Balaban J connectivity index is 2.12. The van der Waals surface area contributed by atoms with Gasteiger partial charge in [0, 0.05) is 22.8 Å². The molecule has 0 saturated carbocycles. The molecule has 0 atom stereocenters. The van der Waals surface area contributed by atoms with Gasteiger partial charge in [-0.1, -0.05) is 29.3 Å². The van der Waals surface area contributed by atoms with Crippen LogP contribution in [0.3, 0.4) is 0 Å². The van der Waals surface area contributed by atoms with E-state index in [0.29, 0.717) is 23.0 Å². The molecule has 0 aliphatic carbocycles. The largest absolute Gasteiger partial charge is 0.369 e. The van der Waals surface area contributed by atoms with E-state index in [9.17, 15) is 8.42 Å². The Hall–Kier alpha value is -1.34. The number of primary sulfonamides is 1. The van der Waals surface area contributed by atoms with Gasteiger partial charge in [-0.25, -0.2) is 18.5 Å². The average Bonchev–Trinajstić information content (AvgIpc) is 2.41. The zero-order valence-electron chi connectivity index (χ0n) is 10.9. The van der Waals surface area contributed by atoms with Gasteiger partial charge in [-0.15, -0.1) is 0 Å². The lowest BCUT2D eigenvalue weighted by atomic mass is 10.1. The van der Waals surface area contributed by atoms with Crippen LogP contribution >= 0.6 is 23.2 Å². The Morgan fingerprint density at radius 2 is 1.81 bits per heavy atom. The van der Waals surface area contributed by atoms with Gasteiger partial charge in [-0.2, -0.15) is 0 Å². The van der Waals surface area contributed by atoms with Crippen LogP contribution < -0.4 is 10.5 Å². The minimum atomic E-state index is -3.82. The van der Waals surface area contributed by atoms with Crippen molar-refractivity contribution in [2.75, 3.05) is 11.9 Å². The van der Waals surface area contributed by atoms with Gasteiger partial charge in [0.2, 0.25) is 10.0 Å². The minimum absolute atomic E-state index is 0.0461. The van der Waals surface area contributed by atoms with E-state index in [1.807, 2.05) is 0 Å². The summed E-state index contributed by atoms with van der Waals surface area (Å²) in [6.45, 7) is 0.420. The molecule has 0 fully saturated rings. The van der Waals surface area contributed by atoms with E-state index in [1.165, 1.54) is 18.3 Å². The summed E-state index contributed by atoms with van der Waals surface area (Å²) in [5, 5.41) is 9.21. The second-order valence-corrected chi connectivity index (χ2v) is 6.62. The summed E-state index contributed by atoms with van der Waals surface area (Å²) in [6, 6.07) is 8.17. The van der Waals surface area contributed by atoms with E-state index < -0.39 is 10.0 Å². The lowest BCUT2D eigenvalue weighted by Crippen LogP contribution is -2.17. The number of sulfonamides is 1. The molecule has 8 heteroatoms. The summed E-state index contributed by atoms with van der Waals surface area (Å²) in [5.74, 6) is 0.211. The number of hydrogen-bond acceptors (Lipinski definition) is 4. The summed E-state index contributed by atoms with van der Waals surface area (Å²) in [6.07, 6.45) is 2.01. The van der Waals surface area contributed by atoms with E-state index in [-0.39, 0.29) is 10.7 Å². The predicted molar refractivity (Wildman–Crippen MR) is 84.3 cm³/mol. The molecule has 0 aliphatic heterocycles. The quantitative estimate of drug-likeness (QED) is 0.872. The van der Waals surface area contributed by atoms with Gasteiger partial charge in [0.25, 0.3) is 0 Å². The Kier molecular flexibility index (Phi) is 5.05. The maximum absolute atomic E-state index is 11.5. The first kappa shape index (κ1) is 16.0. The number of nitrogens with two attached hydrogens (primary N) is 1. The smallest absolute Gasteiger partial charge is 0.241 e. The Labute approximate surface area is 133 Å². The van der Waals surface area contributed by atoms with Crippen LogP contribution in [0, 0.1) is 0 Å². The fourth-order valence-electron chi connectivity index (χ4n) is 1.83. The zero-order valence-corrected chi connectivity index (χ0v) is 13.2. The topological polar surface area (TPSA) is 85.1 Å². The molecular weight excluding hydrogens is 333 g/mol. The number of nitrogens with one attached hydrogen (secondary N) is 1. The maximum Gasteiger partial charge on any atom is 0.241 e. The van der Waals surface area contributed by atoms with E-state index in [0.717, 1.165) is 5.56 Å². The molecule has 0 radical (unpaired) electrons. The second-order valence-electron chi connectivity index (χ2n) is 4.27. The molecule has 2 aromatic rings. The SMILES string of the molecule is NS(=O)(=O)c1cccnc1NCCc1c(Cl)cccc1Cl. The third-order valence-corrected chi connectivity index (χ3v) is 4.46. The molecule has 5 nitrogen and oxygen atoms in total. The van der Waals surface area contributed by atoms with Gasteiger partial charge in [0.1, 0.15) is 10.7 Å². The van der Waals surface area contributed by atoms with E-state index in [1.54, 1.807) is 18.2 Å². The highest BCUT2D eigenvalue weighted by Gasteiger charge is 2.14. The summed E-state index contributed by atoms with van der Waals surface area (Å²) in [5.41, 5.74) is 0.793. The molecule has 0 saturated heterocycles. The van der Waals surface area contributed by atoms with E-state index in [2.05, 4.69) is 10.3 Å². The first-order valence-corrected chi connectivity index (χ1v) is 8.34. The van der Waals surface area contributed by atoms with Crippen molar-refractivity contribution >= 4 is 39.0 Å². The zero-order chi connectivity index (χ0) is 15.5. The highest BCUT2D eigenvalue weighted by molar-refractivity contribution is 7.89. The van der Waals surface area contributed by atoms with Crippen LogP contribution in [0.5, 0.6) is 0 Å². The van der Waals surface area contributed by atoms with Gasteiger partial charge in [0.15, 0.2) is 0 Å². The van der Waals surface area contributed by atoms with Crippen LogP contribution in [-0.4, -0.2) is 19.9 Å². The van der Waals surface area contributed by atoms with Crippen LogP contribution in [0.25, 0.3) is 0 Å². The van der Waals surface area contributed by atoms with Crippen LogP contribution in [0.1, 0.15) is 5.56 Å². The number of halogens is 2. The van der Waals surface area contributed by atoms with Crippen molar-refractivity contribution in [1.82, 2.24) is 4.98 Å². The van der Waals surface area contributed by atoms with Gasteiger partial charge in [-0.05, 0) is 36.2 Å². The molecule has 2 rings (SSSR count). The Bertz CT molecular complexity index is 731. The number of hydrogen-bond donors (Lipinski definition) is 2. The summed E-state index contributed by atoms with van der Waals surface area (Å²) < 4.78 is 22.9. The van der Waals surface area contributed by atoms with Gasteiger partial charge in [-0.3, -0.25) is 0 Å². The highest BCUT2D eigenvalue weighted by atomic mass is 35.5. The standard InChI is InChI=1S/C13H13Cl2N3O2S/c14-10-3-1-4-11(15)9(10)6-8-18-13-12(21(16,19)20)5-2-7-17-13/h1-5,7H,6,8H2,(H,17,18)(H2,16,19,20). The van der Waals surface area contributed by atoms with Crippen LogP contribution in [0.2, 0.25) is 10.0 Å². The van der Waals surface area contributed by atoms with Crippen molar-refractivity contribution in [2.24, 2.45) is 5.14 Å². The normalized spacial score (nSPS) is 11.4. The maximum atomic E-state index is 11.5. The van der Waals surface area contributed by atoms with Crippen LogP contribution in [-0.2, 0) is 16.4 Å². The number of pyridine rings is 1. The molecule has 112 valence electrons. The van der Waals surface area contributed by atoms with Gasteiger partial charge >= 0.3 is 0 Å². The number of benzene rings is 1. The van der Waals surface area contributed by atoms with Gasteiger partial charge in [0.05, 0.1) is 0 Å². The van der Waals surface area contributed by atoms with Crippen molar-refractivity contribution in [2.45, 2.75) is 11.3 Å². The number of aromatic nitrogens is 1. The fraction of sp³-hybridized carbons (Fsp3) is 0.154. The lowest BCUT2D eigenvalue weighted by molar-refractivity contribution is 0.597. The molecular formula is C13H13Cl2N3O2S. The molecule has 3 N–H and O–H groups in total. The van der Waals surface area contributed by atoms with Crippen molar-refractivity contribution < 1.29 is 8.42 Å². The van der Waals surface area contributed by atoms with Crippen LogP contribution in [0.4, 0.5) is 5.82 Å². The summed E-state index contributed by atoms with van der Waals surface area (Å²) in [7, 11) is -3.82. The predicted octanol–water partition coefficient (Wildman–Crippen LogP) is 2.69. The minimum Gasteiger partial charge on any atom is -0.369 e. The fourth-order valence-corrected chi connectivity index (χ4v) is 3.08. The third-order valence-electron chi connectivity index (χ3n) is 2.81. The Morgan fingerprint density at radius 1 is 1.14 bits per heavy atom. The molecule has 0 amide bonds. The Morgan fingerprint density at radius 3 is 2.43 bits per heavy atom. The van der Waals surface area contributed by atoms with Crippen molar-refractivity contribution in [3.63, 3.8) is 0 Å². The molecule has 1 heterocycles. The first-order valence-electron chi connectivity index (χ1n) is 6.04. The highest BCUT2D eigenvalue weighted by Crippen LogP contribution is 2.25. The number of anilines is 1. The second kappa shape index (κ2) is 6.62. The van der Waals surface area contributed by atoms with Gasteiger partial charge < -0.3 is 5.32 Å². The summed E-state index contributed by atoms with van der Waals surface area (Å²) in [4.78, 5) is 3.94. The van der Waals surface area contributed by atoms with Crippen molar-refractivity contribution in [3.8, 4) is 0 Å². The molecule has 0 bridgehead atoms. The van der Waals surface area contributed by atoms with Crippen LogP contribution in [0.15, 0.2) is 41.4 Å². The molecule has 21 heavy (non-hydrogen) atoms. The van der Waals surface area contributed by atoms with E-state index in [4.69, 9.17) is 28.3 Å². The molecule has 1 aromatic heterocycles. The molecule has 0 aliphatic rings. The average molecular weight is 346 g/mol. The molecule has 1 aromatic carbocycles. The third kappa shape index (κ3) is 4.07. The molecule has 0 unspecified atom stereocenters.